The van der Waals surface area contributed by atoms with E-state index in [1.807, 2.05) is 32.0 Å². The molecule has 19 heavy (non-hydrogen) atoms. The molecule has 1 heterocycles. The quantitative estimate of drug-likeness (QED) is 0.763. The van der Waals surface area contributed by atoms with Crippen molar-refractivity contribution in [3.05, 3.63) is 21.8 Å². The third-order valence-corrected chi connectivity index (χ3v) is 3.63. The minimum atomic E-state index is -0.372. The van der Waals surface area contributed by atoms with E-state index in [1.54, 1.807) is 12.0 Å². The molecule has 0 radical (unpaired) electrons. The Balaban J connectivity index is 2.33. The van der Waals surface area contributed by atoms with Crippen LogP contribution in [0.15, 0.2) is 18.2 Å². The van der Waals surface area contributed by atoms with Crippen molar-refractivity contribution in [1.82, 2.24) is 0 Å². The number of carbonyl (C=O) groups is 1. The van der Waals surface area contributed by atoms with Gasteiger partial charge in [-0.15, -0.1) is 0 Å². The molecule has 0 saturated carbocycles. The van der Waals surface area contributed by atoms with E-state index in [2.05, 4.69) is 22.6 Å². The Morgan fingerprint density at radius 3 is 2.95 bits per heavy atom. The lowest BCUT2D eigenvalue weighted by Gasteiger charge is -2.39. The van der Waals surface area contributed by atoms with E-state index < -0.39 is 0 Å². The van der Waals surface area contributed by atoms with Gasteiger partial charge in [0.05, 0.1) is 25.3 Å². The summed E-state index contributed by atoms with van der Waals surface area (Å²) in [6.45, 7) is 4.98. The van der Waals surface area contributed by atoms with Gasteiger partial charge in [0, 0.05) is 10.7 Å². The lowest BCUT2D eigenvalue weighted by atomic mass is 10.0. The number of carbonyl (C=O) groups excluding carboxylic acids is 1. The van der Waals surface area contributed by atoms with Gasteiger partial charge >= 0.3 is 0 Å². The van der Waals surface area contributed by atoms with Crippen molar-refractivity contribution in [2.45, 2.75) is 25.9 Å². The van der Waals surface area contributed by atoms with Crippen LogP contribution in [0.1, 0.15) is 20.3 Å². The van der Waals surface area contributed by atoms with Gasteiger partial charge in [0.25, 0.3) is 0 Å². The van der Waals surface area contributed by atoms with E-state index in [4.69, 9.17) is 9.47 Å². The number of methoxy groups -OCH3 is 1. The molecular formula is C14H18INO3. The van der Waals surface area contributed by atoms with Gasteiger partial charge in [-0.1, -0.05) is 0 Å². The summed E-state index contributed by atoms with van der Waals surface area (Å²) in [5, 5.41) is 0. The van der Waals surface area contributed by atoms with E-state index in [1.165, 1.54) is 0 Å². The Kier molecular flexibility index (Phi) is 4.35. The summed E-state index contributed by atoms with van der Waals surface area (Å²) in [6, 6.07) is 5.89. The first-order valence-corrected chi connectivity index (χ1v) is 7.29. The maximum Gasteiger partial charge on any atom is 0.229 e. The van der Waals surface area contributed by atoms with Gasteiger partial charge in [-0.25, -0.2) is 0 Å². The SMILES string of the molecule is COCCC(=O)N1CC(C)(C)Oc2ccc(I)cc21. The lowest BCUT2D eigenvalue weighted by molar-refractivity contribution is -0.120. The molecule has 0 unspecified atom stereocenters. The van der Waals surface area contributed by atoms with Gasteiger partial charge in [-0.2, -0.15) is 0 Å². The van der Waals surface area contributed by atoms with E-state index in [-0.39, 0.29) is 11.5 Å². The zero-order valence-corrected chi connectivity index (χ0v) is 13.6. The first-order chi connectivity index (χ1) is 8.93. The van der Waals surface area contributed by atoms with Gasteiger partial charge < -0.3 is 14.4 Å². The van der Waals surface area contributed by atoms with Crippen LogP contribution in [-0.4, -0.2) is 31.8 Å². The topological polar surface area (TPSA) is 38.8 Å². The third kappa shape index (κ3) is 3.39. The molecule has 0 atom stereocenters. The summed E-state index contributed by atoms with van der Waals surface area (Å²) in [5.41, 5.74) is 0.482. The molecule has 0 fully saturated rings. The highest BCUT2D eigenvalue weighted by molar-refractivity contribution is 14.1. The Hall–Kier alpha value is -0.820. The Morgan fingerprint density at radius 1 is 1.53 bits per heavy atom. The van der Waals surface area contributed by atoms with Crippen LogP contribution in [0.2, 0.25) is 0 Å². The van der Waals surface area contributed by atoms with Gasteiger partial charge in [0.2, 0.25) is 5.91 Å². The first kappa shape index (κ1) is 14.6. The number of hydrogen-bond acceptors (Lipinski definition) is 3. The lowest BCUT2D eigenvalue weighted by Crippen LogP contribution is -2.49. The molecule has 0 saturated heterocycles. The number of rotatable bonds is 3. The number of hydrogen-bond donors (Lipinski definition) is 0. The third-order valence-electron chi connectivity index (χ3n) is 2.96. The van der Waals surface area contributed by atoms with E-state index in [9.17, 15) is 4.79 Å². The summed E-state index contributed by atoms with van der Waals surface area (Å²) in [4.78, 5) is 14.1. The zero-order chi connectivity index (χ0) is 14.0. The summed E-state index contributed by atoms with van der Waals surface area (Å²) >= 11 is 2.24. The molecule has 1 aromatic rings. The Morgan fingerprint density at radius 2 is 2.26 bits per heavy atom. The van der Waals surface area contributed by atoms with Crippen molar-refractivity contribution >= 4 is 34.2 Å². The summed E-state index contributed by atoms with van der Waals surface area (Å²) in [6.07, 6.45) is 0.386. The van der Waals surface area contributed by atoms with Crippen molar-refractivity contribution in [3.63, 3.8) is 0 Å². The number of amides is 1. The first-order valence-electron chi connectivity index (χ1n) is 6.21. The van der Waals surface area contributed by atoms with Crippen LogP contribution in [0.4, 0.5) is 5.69 Å². The molecule has 0 spiro atoms. The molecule has 5 heteroatoms. The number of fused-ring (bicyclic) bond motifs is 1. The van der Waals surface area contributed by atoms with E-state index in [0.29, 0.717) is 19.6 Å². The average molecular weight is 375 g/mol. The van der Waals surface area contributed by atoms with Crippen molar-refractivity contribution in [1.29, 1.82) is 0 Å². The van der Waals surface area contributed by atoms with Crippen LogP contribution >= 0.6 is 22.6 Å². The highest BCUT2D eigenvalue weighted by Gasteiger charge is 2.34. The monoisotopic (exact) mass is 375 g/mol. The Bertz CT molecular complexity index is 488. The van der Waals surface area contributed by atoms with Crippen molar-refractivity contribution in [2.75, 3.05) is 25.2 Å². The fourth-order valence-electron chi connectivity index (χ4n) is 2.13. The predicted molar refractivity (Wildman–Crippen MR) is 82.7 cm³/mol. The zero-order valence-electron chi connectivity index (χ0n) is 11.4. The molecule has 0 bridgehead atoms. The minimum absolute atomic E-state index is 0.0708. The number of halogens is 1. The maximum atomic E-state index is 12.3. The molecule has 0 aromatic heterocycles. The van der Waals surface area contributed by atoms with Crippen LogP contribution in [0.25, 0.3) is 0 Å². The molecule has 2 rings (SSSR count). The molecule has 1 aromatic carbocycles. The smallest absolute Gasteiger partial charge is 0.229 e. The van der Waals surface area contributed by atoms with Crippen molar-refractivity contribution in [2.24, 2.45) is 0 Å². The second-order valence-corrected chi connectivity index (χ2v) is 6.44. The molecule has 1 aliphatic heterocycles. The standard InChI is InChI=1S/C14H18INO3/c1-14(2)9-16(13(17)6-7-18-3)11-8-10(15)4-5-12(11)19-14/h4-5,8H,6-7,9H2,1-3H3. The van der Waals surface area contributed by atoms with E-state index >= 15 is 0 Å². The number of anilines is 1. The van der Waals surface area contributed by atoms with Gasteiger partial charge in [-0.3, -0.25) is 4.79 Å². The van der Waals surface area contributed by atoms with Crippen LogP contribution in [0.3, 0.4) is 0 Å². The average Bonchev–Trinajstić information content (AvgIpc) is 2.35. The molecule has 0 aliphatic carbocycles. The second-order valence-electron chi connectivity index (χ2n) is 5.20. The van der Waals surface area contributed by atoms with Crippen molar-refractivity contribution < 1.29 is 14.3 Å². The molecule has 1 amide bonds. The van der Waals surface area contributed by atoms with Crippen molar-refractivity contribution in [3.8, 4) is 5.75 Å². The molecule has 104 valence electrons. The van der Waals surface area contributed by atoms with Crippen LogP contribution < -0.4 is 9.64 Å². The highest BCUT2D eigenvalue weighted by atomic mass is 127. The van der Waals surface area contributed by atoms with Gasteiger partial charge in [-0.05, 0) is 54.6 Å². The predicted octanol–water partition coefficient (Wildman–Crippen LogP) is 2.83. The fraction of sp³-hybridized carbons (Fsp3) is 0.500. The number of ether oxygens (including phenoxy) is 2. The Labute approximate surface area is 127 Å². The largest absolute Gasteiger partial charge is 0.484 e. The number of nitrogens with zero attached hydrogens (tertiary/aromatic N) is 1. The van der Waals surface area contributed by atoms with Crippen LogP contribution in [0, 0.1) is 3.57 Å². The summed E-state index contributed by atoms with van der Waals surface area (Å²) in [7, 11) is 1.60. The molecular weight excluding hydrogens is 357 g/mol. The minimum Gasteiger partial charge on any atom is -0.484 e. The van der Waals surface area contributed by atoms with Crippen LogP contribution in [0.5, 0.6) is 5.75 Å². The fourth-order valence-corrected chi connectivity index (χ4v) is 2.61. The van der Waals surface area contributed by atoms with Crippen LogP contribution in [-0.2, 0) is 9.53 Å². The van der Waals surface area contributed by atoms with Gasteiger partial charge in [0.1, 0.15) is 11.4 Å². The maximum absolute atomic E-state index is 12.3. The summed E-state index contributed by atoms with van der Waals surface area (Å²) < 4.78 is 12.0. The highest BCUT2D eigenvalue weighted by Crippen LogP contribution is 2.38. The summed E-state index contributed by atoms with van der Waals surface area (Å²) in [5.74, 6) is 0.837. The molecule has 4 nitrogen and oxygen atoms in total. The molecule has 0 N–H and O–H groups in total. The number of benzene rings is 1. The van der Waals surface area contributed by atoms with E-state index in [0.717, 1.165) is 15.0 Å². The molecule has 1 aliphatic rings. The second kappa shape index (κ2) is 5.66. The normalized spacial score (nSPS) is 16.7. The van der Waals surface area contributed by atoms with Gasteiger partial charge in [0.15, 0.2) is 0 Å².